The van der Waals surface area contributed by atoms with Gasteiger partial charge in [0, 0.05) is 6.08 Å². The molecule has 2 rings (SSSR count). The molecule has 1 atom stereocenters. The molecule has 5 nitrogen and oxygen atoms in total. The minimum Gasteiger partial charge on any atom is -0.466 e. The maximum Gasteiger partial charge on any atom is 0.375 e. The van der Waals surface area contributed by atoms with Gasteiger partial charge in [-0.2, -0.15) is 0 Å². The number of allylic oxidation sites excluding steroid dienone is 1. The molecule has 25 heavy (non-hydrogen) atoms. The largest absolute Gasteiger partial charge is 0.466 e. The Morgan fingerprint density at radius 2 is 1.68 bits per heavy atom. The lowest BCUT2D eigenvalue weighted by molar-refractivity contribution is -0.154. The van der Waals surface area contributed by atoms with Crippen LogP contribution in [0.3, 0.4) is 0 Å². The van der Waals surface area contributed by atoms with Crippen LogP contribution in [-0.2, 0) is 29.3 Å². The van der Waals surface area contributed by atoms with Crippen LogP contribution in [0.5, 0.6) is 0 Å². The lowest BCUT2D eigenvalue weighted by atomic mass is 9.75. The maximum absolute atomic E-state index is 12.7. The summed E-state index contributed by atoms with van der Waals surface area (Å²) in [5.74, 6) is -2.10. The second-order valence-electron chi connectivity index (χ2n) is 5.84. The van der Waals surface area contributed by atoms with E-state index in [1.807, 2.05) is 42.5 Å². The molecule has 130 valence electrons. The predicted molar refractivity (Wildman–Crippen MR) is 94.1 cm³/mol. The van der Waals surface area contributed by atoms with Crippen molar-refractivity contribution in [3.63, 3.8) is 0 Å². The van der Waals surface area contributed by atoms with Crippen LogP contribution in [0.4, 0.5) is 0 Å². The first-order chi connectivity index (χ1) is 11.9. The number of fused-ring (bicyclic) bond motifs is 1. The highest BCUT2D eigenvalue weighted by Gasteiger charge is 2.39. The fourth-order valence-corrected chi connectivity index (χ4v) is 2.65. The molecule has 0 aromatic heterocycles. The fourth-order valence-electron chi connectivity index (χ4n) is 2.65. The summed E-state index contributed by atoms with van der Waals surface area (Å²) in [6.07, 6.45) is 2.93. The van der Waals surface area contributed by atoms with Crippen LogP contribution in [0.2, 0.25) is 0 Å². The Labute approximate surface area is 146 Å². The van der Waals surface area contributed by atoms with Gasteiger partial charge in [-0.1, -0.05) is 48.5 Å². The van der Waals surface area contributed by atoms with E-state index in [0.717, 1.165) is 10.8 Å². The van der Waals surface area contributed by atoms with Crippen molar-refractivity contribution in [1.29, 1.82) is 0 Å². The molecule has 0 aliphatic carbocycles. The Hall–Kier alpha value is -2.95. The Bertz CT molecular complexity index is 837. The molecule has 0 saturated heterocycles. The number of ketones is 1. The van der Waals surface area contributed by atoms with E-state index in [4.69, 9.17) is 0 Å². The molecule has 0 radical (unpaired) electrons. The Kier molecular flexibility index (Phi) is 5.70. The molecule has 1 unspecified atom stereocenters. The summed E-state index contributed by atoms with van der Waals surface area (Å²) in [7, 11) is 2.44. The van der Waals surface area contributed by atoms with Crippen LogP contribution in [0.25, 0.3) is 10.8 Å². The van der Waals surface area contributed by atoms with E-state index in [-0.39, 0.29) is 6.42 Å². The highest BCUT2D eigenvalue weighted by atomic mass is 16.5. The number of carbonyl (C=O) groups is 3. The topological polar surface area (TPSA) is 69.7 Å². The molecule has 5 heteroatoms. The molecule has 0 bridgehead atoms. The second kappa shape index (κ2) is 7.75. The first-order valence-electron chi connectivity index (χ1n) is 7.79. The predicted octanol–water partition coefficient (Wildman–Crippen LogP) is 2.96. The third-order valence-electron chi connectivity index (χ3n) is 4.24. The van der Waals surface area contributed by atoms with E-state index in [2.05, 4.69) is 9.47 Å². The zero-order chi connectivity index (χ0) is 18.4. The van der Waals surface area contributed by atoms with Gasteiger partial charge >= 0.3 is 11.9 Å². The summed E-state index contributed by atoms with van der Waals surface area (Å²) < 4.78 is 9.17. The molecule has 0 heterocycles. The summed E-state index contributed by atoms with van der Waals surface area (Å²) in [5.41, 5.74) is -0.474. The van der Waals surface area contributed by atoms with Crippen LogP contribution in [0, 0.1) is 0 Å². The van der Waals surface area contributed by atoms with E-state index in [1.165, 1.54) is 26.4 Å². The van der Waals surface area contributed by atoms with Crippen molar-refractivity contribution in [3.05, 3.63) is 60.2 Å². The van der Waals surface area contributed by atoms with E-state index < -0.39 is 23.1 Å². The lowest BCUT2D eigenvalue weighted by Crippen LogP contribution is -2.38. The number of carbonyl (C=O) groups excluding carboxylic acids is 3. The fraction of sp³-hybridized carbons (Fsp3) is 0.250. The quantitative estimate of drug-likeness (QED) is 0.459. The minimum atomic E-state index is -1.15. The highest BCUT2D eigenvalue weighted by Crippen LogP contribution is 2.32. The lowest BCUT2D eigenvalue weighted by Gasteiger charge is -2.26. The van der Waals surface area contributed by atoms with Crippen LogP contribution in [-0.4, -0.2) is 31.9 Å². The molecule has 2 aromatic rings. The first kappa shape index (κ1) is 18.4. The van der Waals surface area contributed by atoms with Gasteiger partial charge in [0.15, 0.2) is 0 Å². The van der Waals surface area contributed by atoms with Gasteiger partial charge in [0.25, 0.3) is 5.78 Å². The number of esters is 2. The minimum absolute atomic E-state index is 0.161. The molecule has 0 saturated carbocycles. The standard InChI is InChI=1S/C20H20O5/c1-20(18(22)19(23)25-3,12-6-9-17(21)24-2)16-11-10-14-7-4-5-8-15(14)13-16/h4-11,13H,12H2,1-3H3/b9-6+. The zero-order valence-electron chi connectivity index (χ0n) is 14.4. The van der Waals surface area contributed by atoms with Gasteiger partial charge in [0.2, 0.25) is 0 Å². The van der Waals surface area contributed by atoms with Crippen molar-refractivity contribution in [1.82, 2.24) is 0 Å². The van der Waals surface area contributed by atoms with Crippen molar-refractivity contribution >= 4 is 28.5 Å². The Morgan fingerprint density at radius 3 is 2.32 bits per heavy atom. The van der Waals surface area contributed by atoms with E-state index in [1.54, 1.807) is 6.92 Å². The van der Waals surface area contributed by atoms with Crippen molar-refractivity contribution in [2.24, 2.45) is 0 Å². The SMILES string of the molecule is COC(=O)/C=C/CC(C)(C(=O)C(=O)OC)c1ccc2ccccc2c1. The van der Waals surface area contributed by atoms with Crippen molar-refractivity contribution in [2.75, 3.05) is 14.2 Å². The number of hydrogen-bond donors (Lipinski definition) is 0. The molecular weight excluding hydrogens is 320 g/mol. The third kappa shape index (κ3) is 3.94. The molecule has 0 aliphatic rings. The van der Waals surface area contributed by atoms with Gasteiger partial charge in [-0.15, -0.1) is 0 Å². The molecular formula is C20H20O5. The van der Waals surface area contributed by atoms with Crippen LogP contribution in [0.1, 0.15) is 18.9 Å². The first-order valence-corrected chi connectivity index (χ1v) is 7.79. The van der Waals surface area contributed by atoms with Crippen molar-refractivity contribution in [3.8, 4) is 0 Å². The monoisotopic (exact) mass is 340 g/mol. The normalized spacial score (nSPS) is 13.4. The highest BCUT2D eigenvalue weighted by molar-refractivity contribution is 6.37. The van der Waals surface area contributed by atoms with Gasteiger partial charge in [-0.3, -0.25) is 4.79 Å². The summed E-state index contributed by atoms with van der Waals surface area (Å²) in [4.78, 5) is 35.8. The number of Topliss-reactive ketones (excluding diaryl/α,β-unsaturated/α-hetero) is 1. The van der Waals surface area contributed by atoms with Gasteiger partial charge in [0.1, 0.15) is 0 Å². The number of ether oxygens (including phenoxy) is 2. The van der Waals surface area contributed by atoms with E-state index in [9.17, 15) is 14.4 Å². The summed E-state index contributed by atoms with van der Waals surface area (Å²) >= 11 is 0. The van der Waals surface area contributed by atoms with Crippen molar-refractivity contribution < 1.29 is 23.9 Å². The maximum atomic E-state index is 12.7. The number of hydrogen-bond acceptors (Lipinski definition) is 5. The average molecular weight is 340 g/mol. The van der Waals surface area contributed by atoms with Crippen LogP contribution < -0.4 is 0 Å². The summed E-state index contributed by atoms with van der Waals surface area (Å²) in [5, 5.41) is 1.99. The van der Waals surface area contributed by atoms with Crippen LogP contribution >= 0.6 is 0 Å². The smallest absolute Gasteiger partial charge is 0.375 e. The van der Waals surface area contributed by atoms with E-state index >= 15 is 0 Å². The van der Waals surface area contributed by atoms with Crippen molar-refractivity contribution in [2.45, 2.75) is 18.8 Å². The summed E-state index contributed by atoms with van der Waals surface area (Å²) in [6, 6.07) is 13.3. The van der Waals surface area contributed by atoms with Crippen LogP contribution in [0.15, 0.2) is 54.6 Å². The third-order valence-corrected chi connectivity index (χ3v) is 4.24. The van der Waals surface area contributed by atoms with Gasteiger partial charge in [-0.05, 0) is 29.7 Å². The van der Waals surface area contributed by atoms with Gasteiger partial charge < -0.3 is 9.47 Å². The molecule has 0 amide bonds. The second-order valence-corrected chi connectivity index (χ2v) is 5.84. The molecule has 0 spiro atoms. The average Bonchev–Trinajstić information content (AvgIpc) is 2.65. The Balaban J connectivity index is 2.48. The number of benzene rings is 2. The molecule has 0 aliphatic heterocycles. The van der Waals surface area contributed by atoms with Gasteiger partial charge in [0.05, 0.1) is 19.6 Å². The molecule has 0 fully saturated rings. The molecule has 0 N–H and O–H groups in total. The zero-order valence-corrected chi connectivity index (χ0v) is 14.4. The number of methoxy groups -OCH3 is 2. The van der Waals surface area contributed by atoms with Gasteiger partial charge in [-0.25, -0.2) is 9.59 Å². The number of rotatable bonds is 6. The summed E-state index contributed by atoms with van der Waals surface area (Å²) in [6.45, 7) is 1.66. The van der Waals surface area contributed by atoms with E-state index in [0.29, 0.717) is 5.56 Å². The molecule has 2 aromatic carbocycles. The Morgan fingerprint density at radius 1 is 1.00 bits per heavy atom.